The summed E-state index contributed by atoms with van der Waals surface area (Å²) in [5.41, 5.74) is 6.93. The normalized spacial score (nSPS) is 14.2. The van der Waals surface area contributed by atoms with Gasteiger partial charge in [-0.05, 0) is 54.8 Å². The van der Waals surface area contributed by atoms with Crippen molar-refractivity contribution in [1.29, 1.82) is 0 Å². The molecule has 1 aliphatic rings. The van der Waals surface area contributed by atoms with Gasteiger partial charge in [-0.25, -0.2) is 9.38 Å². The third-order valence-electron chi connectivity index (χ3n) is 3.33. The first-order valence-corrected chi connectivity index (χ1v) is 8.09. The van der Waals surface area contributed by atoms with E-state index in [-0.39, 0.29) is 29.8 Å². The summed E-state index contributed by atoms with van der Waals surface area (Å²) >= 11 is 1.61. The van der Waals surface area contributed by atoms with E-state index in [4.69, 9.17) is 5.73 Å². The summed E-state index contributed by atoms with van der Waals surface area (Å²) in [7, 11) is 0. The molecule has 0 unspecified atom stereocenters. The first-order chi connectivity index (χ1) is 10.7. The van der Waals surface area contributed by atoms with Crippen LogP contribution in [0.1, 0.15) is 18.4 Å². The van der Waals surface area contributed by atoms with Crippen LogP contribution in [0.2, 0.25) is 0 Å². The van der Waals surface area contributed by atoms with Crippen LogP contribution in [-0.2, 0) is 6.54 Å². The highest BCUT2D eigenvalue weighted by Gasteiger charge is 2.21. The van der Waals surface area contributed by atoms with Gasteiger partial charge in [-0.2, -0.15) is 0 Å². The first-order valence-electron chi connectivity index (χ1n) is 7.28. The van der Waals surface area contributed by atoms with Crippen LogP contribution in [0.5, 0.6) is 0 Å². The monoisotopic (exact) mass is 443 g/mol. The van der Waals surface area contributed by atoms with Gasteiger partial charge >= 0.3 is 0 Å². The summed E-state index contributed by atoms with van der Waals surface area (Å²) in [6.45, 7) is 0.576. The average Bonchev–Trinajstić information content (AvgIpc) is 3.33. The largest absolute Gasteiger partial charge is 0.370 e. The number of nitrogens with one attached hydrogen (secondary N) is 1. The fourth-order valence-electron chi connectivity index (χ4n) is 1.96. The van der Waals surface area contributed by atoms with Gasteiger partial charge in [0.25, 0.3) is 0 Å². The lowest BCUT2D eigenvalue weighted by Gasteiger charge is -2.05. The molecule has 0 radical (unpaired) electrons. The number of aliphatic imine (C=N–C) groups is 1. The van der Waals surface area contributed by atoms with Gasteiger partial charge in [-0.1, -0.05) is 23.9 Å². The summed E-state index contributed by atoms with van der Waals surface area (Å²) < 4.78 is 12.9. The third-order valence-corrected chi connectivity index (χ3v) is 4.35. The second-order valence-corrected chi connectivity index (χ2v) is 6.47. The molecular formula is C17H19FIN3S. The van der Waals surface area contributed by atoms with Crippen LogP contribution in [0.25, 0.3) is 0 Å². The second kappa shape index (κ2) is 8.54. The Hall–Kier alpha value is -1.28. The Morgan fingerprint density at radius 1 is 1.09 bits per heavy atom. The highest BCUT2D eigenvalue weighted by molar-refractivity contribution is 14.0. The second-order valence-electron chi connectivity index (χ2n) is 5.32. The molecule has 3 N–H and O–H groups in total. The Bertz CT molecular complexity index is 655. The maximum absolute atomic E-state index is 12.9. The maximum Gasteiger partial charge on any atom is 0.189 e. The maximum atomic E-state index is 12.9. The van der Waals surface area contributed by atoms with E-state index in [1.807, 2.05) is 24.3 Å². The van der Waals surface area contributed by atoms with Crippen LogP contribution >= 0.6 is 35.7 Å². The molecule has 0 aromatic heterocycles. The van der Waals surface area contributed by atoms with Gasteiger partial charge in [0.15, 0.2) is 5.96 Å². The average molecular weight is 443 g/mol. The first kappa shape index (κ1) is 18.1. The lowest BCUT2D eigenvalue weighted by molar-refractivity contribution is 0.626. The summed E-state index contributed by atoms with van der Waals surface area (Å²) in [4.78, 5) is 6.47. The molecule has 0 saturated heterocycles. The molecule has 2 aromatic rings. The van der Waals surface area contributed by atoms with Crippen molar-refractivity contribution in [3.63, 3.8) is 0 Å². The molecule has 23 heavy (non-hydrogen) atoms. The lowest BCUT2D eigenvalue weighted by atomic mass is 10.2. The predicted octanol–water partition coefficient (Wildman–Crippen LogP) is 4.16. The molecule has 0 heterocycles. The van der Waals surface area contributed by atoms with Gasteiger partial charge in [-0.3, -0.25) is 0 Å². The fourth-order valence-corrected chi connectivity index (χ4v) is 2.78. The smallest absolute Gasteiger partial charge is 0.189 e. The molecule has 0 aliphatic heterocycles. The highest BCUT2D eigenvalue weighted by Crippen LogP contribution is 2.27. The number of halogens is 2. The molecular weight excluding hydrogens is 424 g/mol. The molecule has 0 atom stereocenters. The molecule has 3 nitrogen and oxygen atoms in total. The Morgan fingerprint density at radius 3 is 2.22 bits per heavy atom. The summed E-state index contributed by atoms with van der Waals surface area (Å²) in [5.74, 6) is 0.308. The van der Waals surface area contributed by atoms with Crippen molar-refractivity contribution in [2.45, 2.75) is 35.2 Å². The van der Waals surface area contributed by atoms with Gasteiger partial charge in [0, 0.05) is 15.8 Å². The van der Waals surface area contributed by atoms with Crippen LogP contribution < -0.4 is 11.1 Å². The number of guanidine groups is 1. The highest BCUT2D eigenvalue weighted by atomic mass is 127. The van der Waals surface area contributed by atoms with Gasteiger partial charge < -0.3 is 11.1 Å². The molecule has 2 aromatic carbocycles. The summed E-state index contributed by atoms with van der Waals surface area (Å²) in [6, 6.07) is 15.2. The van der Waals surface area contributed by atoms with E-state index >= 15 is 0 Å². The Kier molecular flexibility index (Phi) is 6.71. The molecule has 6 heteroatoms. The summed E-state index contributed by atoms with van der Waals surface area (Å²) in [5, 5.41) is 3.17. The molecule has 0 bridgehead atoms. The van der Waals surface area contributed by atoms with E-state index in [2.05, 4.69) is 10.3 Å². The van der Waals surface area contributed by atoms with Crippen LogP contribution in [-0.4, -0.2) is 12.0 Å². The van der Waals surface area contributed by atoms with Crippen LogP contribution in [0.4, 0.5) is 4.39 Å². The van der Waals surface area contributed by atoms with E-state index in [0.29, 0.717) is 18.5 Å². The van der Waals surface area contributed by atoms with E-state index < -0.39 is 0 Å². The lowest BCUT2D eigenvalue weighted by Crippen LogP contribution is -2.33. The molecule has 0 spiro atoms. The Morgan fingerprint density at radius 2 is 1.65 bits per heavy atom. The minimum atomic E-state index is -0.213. The fraction of sp³-hybridized carbons (Fsp3) is 0.235. The minimum Gasteiger partial charge on any atom is -0.370 e. The van der Waals surface area contributed by atoms with Crippen molar-refractivity contribution in [2.75, 3.05) is 0 Å². The van der Waals surface area contributed by atoms with Gasteiger partial charge in [0.2, 0.25) is 0 Å². The molecule has 0 amide bonds. The standard InChI is InChI=1S/C17H18FN3S.HI/c18-13-3-9-16(10-4-13)22-15-7-1-12(2-8-15)11-20-17(19)21-14-5-6-14;/h1-4,7-10,14H,5-6,11H2,(H3,19,20,21);1H. The number of hydrogen-bond acceptors (Lipinski definition) is 2. The Balaban J connectivity index is 0.00000192. The van der Waals surface area contributed by atoms with Gasteiger partial charge in [0.05, 0.1) is 6.54 Å². The van der Waals surface area contributed by atoms with Crippen LogP contribution in [0.3, 0.4) is 0 Å². The number of nitrogens with zero attached hydrogens (tertiary/aromatic N) is 1. The minimum absolute atomic E-state index is 0. The van der Waals surface area contributed by atoms with Crippen molar-refractivity contribution in [3.8, 4) is 0 Å². The van der Waals surface area contributed by atoms with Crippen molar-refractivity contribution >= 4 is 41.7 Å². The zero-order valence-corrected chi connectivity index (χ0v) is 15.7. The van der Waals surface area contributed by atoms with Gasteiger partial charge in [-0.15, -0.1) is 24.0 Å². The number of rotatable bonds is 5. The summed E-state index contributed by atoms with van der Waals surface area (Å²) in [6.07, 6.45) is 2.37. The van der Waals surface area contributed by atoms with E-state index in [1.165, 1.54) is 25.0 Å². The van der Waals surface area contributed by atoms with E-state index in [1.54, 1.807) is 23.9 Å². The van der Waals surface area contributed by atoms with Crippen LogP contribution in [0.15, 0.2) is 63.3 Å². The topological polar surface area (TPSA) is 50.4 Å². The predicted molar refractivity (Wildman–Crippen MR) is 104 cm³/mol. The molecule has 3 rings (SSSR count). The van der Waals surface area contributed by atoms with Crippen molar-refractivity contribution in [2.24, 2.45) is 10.7 Å². The number of hydrogen-bond donors (Lipinski definition) is 2. The third kappa shape index (κ3) is 6.02. The van der Waals surface area contributed by atoms with Crippen molar-refractivity contribution in [1.82, 2.24) is 5.32 Å². The van der Waals surface area contributed by atoms with Crippen molar-refractivity contribution < 1.29 is 4.39 Å². The molecule has 1 aliphatic carbocycles. The van der Waals surface area contributed by atoms with Gasteiger partial charge in [0.1, 0.15) is 5.82 Å². The number of nitrogens with two attached hydrogens (primary N) is 1. The zero-order chi connectivity index (χ0) is 15.4. The van der Waals surface area contributed by atoms with Crippen molar-refractivity contribution in [3.05, 3.63) is 59.9 Å². The van der Waals surface area contributed by atoms with Crippen LogP contribution in [0, 0.1) is 5.82 Å². The molecule has 122 valence electrons. The quantitative estimate of drug-likeness (QED) is 0.415. The number of benzene rings is 2. The Labute approximate surface area is 157 Å². The van der Waals surface area contributed by atoms with E-state index in [9.17, 15) is 4.39 Å². The SMILES string of the molecule is I.NC(=NCc1ccc(Sc2ccc(F)cc2)cc1)NC1CC1. The van der Waals surface area contributed by atoms with E-state index in [0.717, 1.165) is 15.4 Å². The molecule has 1 saturated carbocycles. The zero-order valence-electron chi connectivity index (χ0n) is 12.5. The molecule has 1 fully saturated rings.